The first kappa shape index (κ1) is 27.3. The molecule has 208 valence electrons. The standard InChI is InChI=1S/C29H37N5O4S/c1-20(9-11-30-28(37)21-5-7-22(8-6-21)32-15-13-31(2)14-16-32)18-26(36)33-12-10-23-27(33)24(35)19-34(23)29(38)25-4-3-17-39-25/h3-8,17,20,23,27H,9-16,18-19H2,1-2H3,(H,30,37). The fraction of sp³-hybridized carbons (Fsp3) is 0.517. The number of amides is 3. The smallest absolute Gasteiger partial charge is 0.264 e. The van der Waals surface area contributed by atoms with Crippen LogP contribution in [0.5, 0.6) is 0 Å². The number of likely N-dealkylation sites (N-methyl/N-ethyl adjacent to an activating group) is 1. The van der Waals surface area contributed by atoms with Crippen LogP contribution in [0.1, 0.15) is 46.2 Å². The molecule has 0 spiro atoms. The quantitative estimate of drug-likeness (QED) is 0.542. The van der Waals surface area contributed by atoms with Crippen LogP contribution in [0.15, 0.2) is 41.8 Å². The summed E-state index contributed by atoms with van der Waals surface area (Å²) in [5.41, 5.74) is 1.76. The van der Waals surface area contributed by atoms with E-state index in [2.05, 4.69) is 22.2 Å². The minimum Gasteiger partial charge on any atom is -0.369 e. The highest BCUT2D eigenvalue weighted by Gasteiger charge is 2.51. The third-order valence-electron chi connectivity index (χ3n) is 8.18. The Hall–Kier alpha value is -3.24. The van der Waals surface area contributed by atoms with E-state index in [1.54, 1.807) is 15.9 Å². The fourth-order valence-electron chi connectivity index (χ4n) is 5.85. The molecule has 0 radical (unpaired) electrons. The lowest BCUT2D eigenvalue weighted by atomic mass is 10.0. The first-order chi connectivity index (χ1) is 18.8. The number of benzene rings is 1. The Balaban J connectivity index is 1.07. The van der Waals surface area contributed by atoms with Crippen molar-refractivity contribution in [2.75, 3.05) is 57.8 Å². The topological polar surface area (TPSA) is 93.3 Å². The predicted molar refractivity (Wildman–Crippen MR) is 151 cm³/mol. The SMILES string of the molecule is CC(CCNC(=O)c1ccc(N2CCN(C)CC2)cc1)CC(=O)N1CCC2C1C(=O)CN2C(=O)c1cccs1. The van der Waals surface area contributed by atoms with Crippen LogP contribution in [-0.4, -0.2) is 103 Å². The molecule has 3 saturated heterocycles. The normalized spacial score (nSPS) is 22.2. The number of piperazine rings is 1. The monoisotopic (exact) mass is 551 g/mol. The van der Waals surface area contributed by atoms with E-state index in [4.69, 9.17) is 0 Å². The van der Waals surface area contributed by atoms with Crippen LogP contribution in [0.3, 0.4) is 0 Å². The van der Waals surface area contributed by atoms with E-state index < -0.39 is 6.04 Å². The van der Waals surface area contributed by atoms with Gasteiger partial charge in [-0.3, -0.25) is 19.2 Å². The third kappa shape index (κ3) is 6.01. The van der Waals surface area contributed by atoms with Crippen molar-refractivity contribution in [3.8, 4) is 0 Å². The number of anilines is 1. The molecule has 5 rings (SSSR count). The average molecular weight is 552 g/mol. The Morgan fingerprint density at radius 1 is 1.03 bits per heavy atom. The number of nitrogens with one attached hydrogen (secondary N) is 1. The van der Waals surface area contributed by atoms with Crippen molar-refractivity contribution in [1.29, 1.82) is 0 Å². The second kappa shape index (κ2) is 11.9. The zero-order chi connectivity index (χ0) is 27.5. The van der Waals surface area contributed by atoms with Crippen molar-refractivity contribution in [3.05, 3.63) is 52.2 Å². The molecule has 4 heterocycles. The van der Waals surface area contributed by atoms with Gasteiger partial charge in [0.15, 0.2) is 5.78 Å². The van der Waals surface area contributed by atoms with E-state index in [0.29, 0.717) is 42.8 Å². The molecule has 1 N–H and O–H groups in total. The maximum absolute atomic E-state index is 13.1. The van der Waals surface area contributed by atoms with Crippen molar-refractivity contribution in [3.63, 3.8) is 0 Å². The van der Waals surface area contributed by atoms with Gasteiger partial charge < -0.3 is 24.9 Å². The van der Waals surface area contributed by atoms with Gasteiger partial charge in [0, 0.05) is 56.9 Å². The molecule has 0 saturated carbocycles. The molecule has 10 heteroatoms. The number of nitrogens with zero attached hydrogens (tertiary/aromatic N) is 4. The minimum atomic E-state index is -0.540. The number of likely N-dealkylation sites (tertiary alicyclic amines) is 2. The van der Waals surface area contributed by atoms with Crippen LogP contribution in [0.2, 0.25) is 0 Å². The second-order valence-electron chi connectivity index (χ2n) is 11.0. The first-order valence-electron chi connectivity index (χ1n) is 13.8. The number of fused-ring (bicyclic) bond motifs is 1. The number of ketones is 1. The molecule has 3 aliphatic rings. The summed E-state index contributed by atoms with van der Waals surface area (Å²) in [6.45, 7) is 7.05. The Labute approximate surface area is 233 Å². The molecule has 3 unspecified atom stereocenters. The van der Waals surface area contributed by atoms with Gasteiger partial charge in [-0.1, -0.05) is 13.0 Å². The fourth-order valence-corrected chi connectivity index (χ4v) is 6.53. The minimum absolute atomic E-state index is 0.0526. The van der Waals surface area contributed by atoms with E-state index >= 15 is 0 Å². The molecule has 3 fully saturated rings. The van der Waals surface area contributed by atoms with Crippen LogP contribution in [0.4, 0.5) is 5.69 Å². The molecular weight excluding hydrogens is 514 g/mol. The predicted octanol–water partition coefficient (Wildman–Crippen LogP) is 2.34. The molecule has 3 aliphatic heterocycles. The van der Waals surface area contributed by atoms with Crippen molar-refractivity contribution in [2.45, 2.75) is 38.3 Å². The number of rotatable bonds is 8. The van der Waals surface area contributed by atoms with Crippen LogP contribution in [0, 0.1) is 5.92 Å². The molecule has 3 amide bonds. The third-order valence-corrected chi connectivity index (χ3v) is 9.04. The Kier molecular flexibility index (Phi) is 8.32. The maximum atomic E-state index is 13.1. The summed E-state index contributed by atoms with van der Waals surface area (Å²) in [4.78, 5) is 60.0. The molecular formula is C29H37N5O4S. The van der Waals surface area contributed by atoms with Crippen molar-refractivity contribution in [2.24, 2.45) is 5.92 Å². The van der Waals surface area contributed by atoms with Crippen LogP contribution < -0.4 is 10.2 Å². The first-order valence-corrected chi connectivity index (χ1v) is 14.7. The maximum Gasteiger partial charge on any atom is 0.264 e. The van der Waals surface area contributed by atoms with Crippen LogP contribution in [-0.2, 0) is 9.59 Å². The van der Waals surface area contributed by atoms with Gasteiger partial charge in [0.25, 0.3) is 11.8 Å². The molecule has 1 aromatic heterocycles. The molecule has 0 aliphatic carbocycles. The Bertz CT molecular complexity index is 1190. The summed E-state index contributed by atoms with van der Waals surface area (Å²) in [6, 6.07) is 10.6. The zero-order valence-electron chi connectivity index (χ0n) is 22.7. The van der Waals surface area contributed by atoms with Gasteiger partial charge in [0.2, 0.25) is 5.91 Å². The van der Waals surface area contributed by atoms with E-state index in [0.717, 1.165) is 31.9 Å². The van der Waals surface area contributed by atoms with E-state index in [1.165, 1.54) is 11.3 Å². The van der Waals surface area contributed by atoms with Gasteiger partial charge in [-0.25, -0.2) is 0 Å². The molecule has 0 bridgehead atoms. The largest absolute Gasteiger partial charge is 0.369 e. The molecule has 3 atom stereocenters. The van der Waals surface area contributed by atoms with Gasteiger partial charge >= 0.3 is 0 Å². The Morgan fingerprint density at radius 2 is 1.77 bits per heavy atom. The highest BCUT2D eigenvalue weighted by atomic mass is 32.1. The van der Waals surface area contributed by atoms with Crippen molar-refractivity contribution >= 4 is 40.5 Å². The number of hydrogen-bond donors (Lipinski definition) is 1. The van der Waals surface area contributed by atoms with Crippen LogP contribution in [0.25, 0.3) is 0 Å². The van der Waals surface area contributed by atoms with E-state index in [1.807, 2.05) is 42.6 Å². The lowest BCUT2D eigenvalue weighted by molar-refractivity contribution is -0.137. The highest BCUT2D eigenvalue weighted by Crippen LogP contribution is 2.32. The molecule has 9 nitrogen and oxygen atoms in total. The van der Waals surface area contributed by atoms with Gasteiger partial charge in [-0.15, -0.1) is 11.3 Å². The second-order valence-corrected chi connectivity index (χ2v) is 11.9. The lowest BCUT2D eigenvalue weighted by Crippen LogP contribution is -2.44. The van der Waals surface area contributed by atoms with Crippen molar-refractivity contribution < 1.29 is 19.2 Å². The molecule has 2 aromatic rings. The summed E-state index contributed by atoms with van der Waals surface area (Å²) in [6.07, 6.45) is 1.60. The summed E-state index contributed by atoms with van der Waals surface area (Å²) in [5.74, 6) is -0.308. The zero-order valence-corrected chi connectivity index (χ0v) is 23.5. The summed E-state index contributed by atoms with van der Waals surface area (Å²) >= 11 is 1.37. The van der Waals surface area contributed by atoms with Gasteiger partial charge in [-0.05, 0) is 61.5 Å². The van der Waals surface area contributed by atoms with Gasteiger partial charge in [0.05, 0.1) is 17.5 Å². The molecule has 1 aromatic carbocycles. The number of thiophene rings is 1. The highest BCUT2D eigenvalue weighted by molar-refractivity contribution is 7.12. The van der Waals surface area contributed by atoms with E-state index in [9.17, 15) is 19.2 Å². The summed E-state index contributed by atoms with van der Waals surface area (Å²) in [7, 11) is 2.13. The van der Waals surface area contributed by atoms with Gasteiger partial charge in [0.1, 0.15) is 6.04 Å². The number of hydrogen-bond acceptors (Lipinski definition) is 7. The number of carbonyl (C=O) groups is 4. The van der Waals surface area contributed by atoms with Crippen molar-refractivity contribution in [1.82, 2.24) is 20.0 Å². The summed E-state index contributed by atoms with van der Waals surface area (Å²) in [5, 5.41) is 4.82. The summed E-state index contributed by atoms with van der Waals surface area (Å²) < 4.78 is 0. The number of carbonyl (C=O) groups excluding carboxylic acids is 4. The molecule has 39 heavy (non-hydrogen) atoms. The number of Topliss-reactive ketones (excluding diaryl/α,β-unsaturated/α-hetero) is 1. The lowest BCUT2D eigenvalue weighted by Gasteiger charge is -2.34. The van der Waals surface area contributed by atoms with Crippen LogP contribution >= 0.6 is 11.3 Å². The van der Waals surface area contributed by atoms with E-state index in [-0.39, 0.29) is 42.0 Å². The van der Waals surface area contributed by atoms with Gasteiger partial charge in [-0.2, -0.15) is 0 Å². The Morgan fingerprint density at radius 3 is 2.46 bits per heavy atom. The average Bonchev–Trinajstić information content (AvgIpc) is 3.68.